The smallest absolute Gasteiger partial charge is 0.308 e. The van der Waals surface area contributed by atoms with E-state index in [1.54, 1.807) is 12.1 Å². The van der Waals surface area contributed by atoms with Crippen LogP contribution in [-0.2, 0) is 16.1 Å². The van der Waals surface area contributed by atoms with Crippen molar-refractivity contribution >= 4 is 29.2 Å². The number of nitrogens with zero attached hydrogens (tertiary/aromatic N) is 2. The van der Waals surface area contributed by atoms with Crippen LogP contribution in [0.2, 0.25) is 5.02 Å². The Morgan fingerprint density at radius 2 is 1.69 bits per heavy atom. The van der Waals surface area contributed by atoms with Gasteiger partial charge in [0.15, 0.2) is 0 Å². The van der Waals surface area contributed by atoms with Crippen molar-refractivity contribution < 1.29 is 14.7 Å². The van der Waals surface area contributed by atoms with Gasteiger partial charge in [-0.2, -0.15) is 0 Å². The maximum atomic E-state index is 12.2. The lowest BCUT2D eigenvalue weighted by molar-refractivity contribution is -0.144. The largest absolute Gasteiger partial charge is 0.481 e. The third-order valence-corrected chi connectivity index (χ3v) is 5.31. The fourth-order valence-corrected chi connectivity index (χ4v) is 3.74. The van der Waals surface area contributed by atoms with Gasteiger partial charge in [0.1, 0.15) is 0 Å². The number of halogens is 1. The summed E-state index contributed by atoms with van der Waals surface area (Å²) in [5.41, 5.74) is 1.85. The quantitative estimate of drug-likeness (QED) is 0.692. The minimum absolute atomic E-state index is 0.0348. The number of carbonyl (C=O) groups is 2. The number of hydrogen-bond donors (Lipinski definition) is 2. The molecule has 0 unspecified atom stereocenters. The van der Waals surface area contributed by atoms with E-state index >= 15 is 0 Å². The number of benzene rings is 2. The zero-order chi connectivity index (χ0) is 20.6. The van der Waals surface area contributed by atoms with Gasteiger partial charge in [0, 0.05) is 56.4 Å². The number of aliphatic carboxylic acids is 1. The molecule has 0 saturated carbocycles. The summed E-state index contributed by atoms with van der Waals surface area (Å²) in [5, 5.41) is 13.1. The lowest BCUT2D eigenvalue weighted by Gasteiger charge is -2.35. The fourth-order valence-electron chi connectivity index (χ4n) is 3.52. The molecule has 1 heterocycles. The molecular weight excluding hydrogens is 390 g/mol. The Morgan fingerprint density at radius 1 is 1.00 bits per heavy atom. The molecule has 7 heteroatoms. The topological polar surface area (TPSA) is 72.9 Å². The van der Waals surface area contributed by atoms with Gasteiger partial charge >= 0.3 is 5.97 Å². The Bertz CT molecular complexity index is 823. The van der Waals surface area contributed by atoms with Crippen LogP contribution < -0.4 is 5.32 Å². The number of amides is 1. The number of hydrogen-bond acceptors (Lipinski definition) is 4. The lowest BCUT2D eigenvalue weighted by atomic mass is 10.0. The SMILES string of the molecule is O=C(C[C@H](CN1CCN(Cc2cccc(Cl)c2)CC1)C(=O)O)Nc1ccccc1. The summed E-state index contributed by atoms with van der Waals surface area (Å²) < 4.78 is 0. The average molecular weight is 416 g/mol. The fraction of sp³-hybridized carbons (Fsp3) is 0.364. The molecular formula is C22H26ClN3O3. The zero-order valence-electron chi connectivity index (χ0n) is 16.3. The first-order chi connectivity index (χ1) is 14.0. The first kappa shape index (κ1) is 21.3. The standard InChI is InChI=1S/C22H26ClN3O3/c23-19-6-4-5-17(13-19)15-25-9-11-26(12-10-25)16-18(22(28)29)14-21(27)24-20-7-2-1-3-8-20/h1-8,13,18H,9-12,14-16H2,(H,24,27)(H,28,29)/t18-/m1/s1. The van der Waals surface area contributed by atoms with Crippen LogP contribution in [0.5, 0.6) is 0 Å². The van der Waals surface area contributed by atoms with Crippen LogP contribution in [0.3, 0.4) is 0 Å². The van der Waals surface area contributed by atoms with Crippen LogP contribution in [0.15, 0.2) is 54.6 Å². The normalized spacial score (nSPS) is 16.3. The first-order valence-corrected chi connectivity index (χ1v) is 10.1. The molecule has 3 rings (SSSR count). The number of carbonyl (C=O) groups excluding carboxylic acids is 1. The van der Waals surface area contributed by atoms with Crippen LogP contribution in [0.1, 0.15) is 12.0 Å². The Kier molecular flexibility index (Phi) is 7.63. The van der Waals surface area contributed by atoms with E-state index in [0.29, 0.717) is 12.2 Å². The highest BCUT2D eigenvalue weighted by Gasteiger charge is 2.26. The van der Waals surface area contributed by atoms with Gasteiger partial charge in [0.2, 0.25) is 5.91 Å². The molecule has 1 fully saturated rings. The molecule has 1 aliphatic heterocycles. The maximum absolute atomic E-state index is 12.2. The molecule has 29 heavy (non-hydrogen) atoms. The lowest BCUT2D eigenvalue weighted by Crippen LogP contribution is -2.48. The van der Waals surface area contributed by atoms with Gasteiger partial charge in [-0.1, -0.05) is 41.9 Å². The number of para-hydroxylation sites is 1. The maximum Gasteiger partial charge on any atom is 0.308 e. The summed E-state index contributed by atoms with van der Waals surface area (Å²) in [7, 11) is 0. The van der Waals surface area contributed by atoms with E-state index in [0.717, 1.165) is 37.7 Å². The summed E-state index contributed by atoms with van der Waals surface area (Å²) in [6, 6.07) is 16.9. The molecule has 0 radical (unpaired) electrons. The van der Waals surface area contributed by atoms with Gasteiger partial charge in [0.25, 0.3) is 0 Å². The molecule has 2 N–H and O–H groups in total. The van der Waals surface area contributed by atoms with E-state index in [1.165, 1.54) is 5.56 Å². The molecule has 6 nitrogen and oxygen atoms in total. The number of anilines is 1. The van der Waals surface area contributed by atoms with Crippen LogP contribution in [0, 0.1) is 5.92 Å². The second-order valence-electron chi connectivity index (χ2n) is 7.36. The van der Waals surface area contributed by atoms with E-state index in [-0.39, 0.29) is 12.3 Å². The Labute approximate surface area is 176 Å². The second-order valence-corrected chi connectivity index (χ2v) is 7.80. The molecule has 0 aromatic heterocycles. The van der Waals surface area contributed by atoms with Crippen molar-refractivity contribution in [3.63, 3.8) is 0 Å². The number of nitrogens with one attached hydrogen (secondary N) is 1. The molecule has 2 aromatic carbocycles. The van der Waals surface area contributed by atoms with Gasteiger partial charge in [-0.15, -0.1) is 0 Å². The minimum Gasteiger partial charge on any atom is -0.481 e. The monoisotopic (exact) mass is 415 g/mol. The van der Waals surface area contributed by atoms with Gasteiger partial charge in [-0.3, -0.25) is 19.4 Å². The Balaban J connectivity index is 1.46. The molecule has 0 bridgehead atoms. The molecule has 1 amide bonds. The predicted molar refractivity (Wildman–Crippen MR) is 114 cm³/mol. The Morgan fingerprint density at radius 3 is 2.34 bits per heavy atom. The highest BCUT2D eigenvalue weighted by molar-refractivity contribution is 6.30. The van der Waals surface area contributed by atoms with Crippen molar-refractivity contribution in [1.29, 1.82) is 0 Å². The molecule has 1 saturated heterocycles. The van der Waals surface area contributed by atoms with Crippen molar-refractivity contribution in [3.05, 3.63) is 65.2 Å². The van der Waals surface area contributed by atoms with Crippen LogP contribution in [0.25, 0.3) is 0 Å². The number of carboxylic acid groups (broad SMARTS) is 1. The van der Waals surface area contributed by atoms with Gasteiger partial charge in [0.05, 0.1) is 5.92 Å². The van der Waals surface area contributed by atoms with Crippen molar-refractivity contribution in [2.45, 2.75) is 13.0 Å². The predicted octanol–water partition coefficient (Wildman–Crippen LogP) is 3.19. The number of carboxylic acids is 1. The Hall–Kier alpha value is -2.41. The van der Waals surface area contributed by atoms with E-state index < -0.39 is 11.9 Å². The third kappa shape index (κ3) is 6.85. The van der Waals surface area contributed by atoms with Crippen molar-refractivity contribution in [1.82, 2.24) is 9.80 Å². The van der Waals surface area contributed by atoms with Gasteiger partial charge < -0.3 is 10.4 Å². The minimum atomic E-state index is -0.936. The van der Waals surface area contributed by atoms with E-state index in [1.807, 2.05) is 36.4 Å². The van der Waals surface area contributed by atoms with Gasteiger partial charge in [-0.25, -0.2) is 0 Å². The van der Waals surface area contributed by atoms with Crippen molar-refractivity contribution in [2.75, 3.05) is 38.0 Å². The molecule has 2 aromatic rings. The molecule has 0 spiro atoms. The summed E-state index contributed by atoms with van der Waals surface area (Å²) in [6.07, 6.45) is -0.0348. The van der Waals surface area contributed by atoms with E-state index in [9.17, 15) is 14.7 Å². The molecule has 1 aliphatic rings. The summed E-state index contributed by atoms with van der Waals surface area (Å²) in [4.78, 5) is 28.4. The van der Waals surface area contributed by atoms with Gasteiger partial charge in [-0.05, 0) is 29.8 Å². The van der Waals surface area contributed by atoms with Crippen LogP contribution >= 0.6 is 11.6 Å². The third-order valence-electron chi connectivity index (χ3n) is 5.08. The highest BCUT2D eigenvalue weighted by Crippen LogP contribution is 2.16. The molecule has 0 aliphatic carbocycles. The number of piperazine rings is 1. The van der Waals surface area contributed by atoms with Crippen molar-refractivity contribution in [3.8, 4) is 0 Å². The number of rotatable bonds is 8. The summed E-state index contributed by atoms with van der Waals surface area (Å²) in [6.45, 7) is 4.48. The highest BCUT2D eigenvalue weighted by atomic mass is 35.5. The first-order valence-electron chi connectivity index (χ1n) is 9.76. The summed E-state index contributed by atoms with van der Waals surface area (Å²) >= 11 is 6.05. The van der Waals surface area contributed by atoms with Crippen LogP contribution in [0.4, 0.5) is 5.69 Å². The van der Waals surface area contributed by atoms with E-state index in [4.69, 9.17) is 11.6 Å². The van der Waals surface area contributed by atoms with Crippen LogP contribution in [-0.4, -0.2) is 59.5 Å². The average Bonchev–Trinajstić information content (AvgIpc) is 2.69. The molecule has 1 atom stereocenters. The van der Waals surface area contributed by atoms with Crippen molar-refractivity contribution in [2.24, 2.45) is 5.92 Å². The summed E-state index contributed by atoms with van der Waals surface area (Å²) in [5.74, 6) is -1.93. The van der Waals surface area contributed by atoms with E-state index in [2.05, 4.69) is 21.2 Å². The zero-order valence-corrected chi connectivity index (χ0v) is 17.0. The molecule has 154 valence electrons. The second kappa shape index (κ2) is 10.4.